The van der Waals surface area contributed by atoms with Gasteiger partial charge in [-0.3, -0.25) is 25.0 Å². The number of hydrogen-bond donors (Lipinski definition) is 1. The summed E-state index contributed by atoms with van der Waals surface area (Å²) >= 11 is 0. The lowest BCUT2D eigenvalue weighted by Gasteiger charge is -2.22. The molecule has 2 rings (SSSR count). The molecule has 0 aliphatic carbocycles. The van der Waals surface area contributed by atoms with Crippen LogP contribution in [0.1, 0.15) is 0 Å². The molecule has 1 N–H and O–H groups in total. The van der Waals surface area contributed by atoms with Gasteiger partial charge in [0.05, 0.1) is 9.85 Å². The predicted molar refractivity (Wildman–Crippen MR) is 70.3 cm³/mol. The lowest BCUT2D eigenvalue weighted by molar-refractivity contribution is -0.422. The van der Waals surface area contributed by atoms with Crippen molar-refractivity contribution < 1.29 is 14.6 Å². The van der Waals surface area contributed by atoms with Gasteiger partial charge in [0.15, 0.2) is 0 Å². The van der Waals surface area contributed by atoms with E-state index in [1.54, 1.807) is 4.90 Å². The Morgan fingerprint density at radius 1 is 1.05 bits per heavy atom. The van der Waals surface area contributed by atoms with Gasteiger partial charge in [-0.15, -0.1) is 0 Å². The third-order valence-corrected chi connectivity index (χ3v) is 2.58. The summed E-state index contributed by atoms with van der Waals surface area (Å²) in [5.41, 5.74) is -0.968. The van der Waals surface area contributed by atoms with Crippen LogP contribution in [0.5, 0.6) is 0 Å². The Kier molecular flexibility index (Phi) is 6.04. The first kappa shape index (κ1) is 15.5. The van der Waals surface area contributed by atoms with Crippen LogP contribution in [0.3, 0.4) is 0 Å². The van der Waals surface area contributed by atoms with E-state index < -0.39 is 21.2 Å². The highest BCUT2D eigenvalue weighted by Crippen LogP contribution is 2.24. The van der Waals surface area contributed by atoms with Crippen LogP contribution in [0.25, 0.3) is 0 Å². The van der Waals surface area contributed by atoms with Gasteiger partial charge in [-0.2, -0.15) is 0 Å². The fraction of sp³-hybridized carbons (Fsp3) is 0.364. The van der Waals surface area contributed by atoms with Crippen molar-refractivity contribution in [2.75, 3.05) is 26.2 Å². The molecule has 0 spiro atoms. The van der Waals surface area contributed by atoms with Gasteiger partial charge in [0.2, 0.25) is 6.41 Å². The molecule has 0 aromatic heterocycles. The van der Waals surface area contributed by atoms with E-state index in [9.17, 15) is 25.0 Å². The van der Waals surface area contributed by atoms with Gasteiger partial charge < -0.3 is 10.2 Å². The predicted octanol–water partition coefficient (Wildman–Crippen LogP) is 0.551. The second-order valence-corrected chi connectivity index (χ2v) is 3.89. The summed E-state index contributed by atoms with van der Waals surface area (Å²) in [6, 6.07) is 4.95. The Hall–Kier alpha value is -2.55. The lowest BCUT2D eigenvalue weighted by atomic mass is 10.3. The van der Waals surface area contributed by atoms with Crippen molar-refractivity contribution in [1.82, 2.24) is 10.2 Å². The summed E-state index contributed by atoms with van der Waals surface area (Å²) in [6.45, 7) is 3.62. The maximum Gasteiger partial charge on any atom is 0.346 e. The number of nitro benzene ring substituents is 2. The van der Waals surface area contributed by atoms with Crippen LogP contribution in [0.2, 0.25) is 0 Å². The van der Waals surface area contributed by atoms with E-state index in [2.05, 4.69) is 5.32 Å². The zero-order chi connectivity index (χ0) is 15.0. The van der Waals surface area contributed by atoms with E-state index in [0.29, 0.717) is 0 Å². The summed E-state index contributed by atoms with van der Waals surface area (Å²) < 4.78 is 0. The van der Waals surface area contributed by atoms with Crippen molar-refractivity contribution in [1.29, 1.82) is 0 Å². The van der Waals surface area contributed by atoms with E-state index in [0.717, 1.165) is 44.7 Å². The molecule has 1 heterocycles. The first-order valence-electron chi connectivity index (χ1n) is 5.84. The maximum absolute atomic E-state index is 10.2. The van der Waals surface area contributed by atoms with Crippen molar-refractivity contribution in [3.05, 3.63) is 44.5 Å². The number of piperazine rings is 1. The zero-order valence-electron chi connectivity index (χ0n) is 10.6. The second-order valence-electron chi connectivity index (χ2n) is 3.89. The van der Waals surface area contributed by atoms with E-state index in [1.165, 1.54) is 12.1 Å². The summed E-state index contributed by atoms with van der Waals surface area (Å²) in [4.78, 5) is 30.7. The monoisotopic (exact) mass is 282 g/mol. The highest BCUT2D eigenvalue weighted by molar-refractivity contribution is 5.51. The third-order valence-electron chi connectivity index (χ3n) is 2.58. The number of carbonyl (C=O) groups is 1. The Bertz CT molecular complexity index is 454. The number of para-hydroxylation sites is 2. The molecule has 0 unspecified atom stereocenters. The van der Waals surface area contributed by atoms with E-state index in [-0.39, 0.29) is 0 Å². The van der Waals surface area contributed by atoms with Crippen LogP contribution >= 0.6 is 0 Å². The van der Waals surface area contributed by atoms with Crippen LogP contribution < -0.4 is 5.32 Å². The first-order valence-corrected chi connectivity index (χ1v) is 5.84. The van der Waals surface area contributed by atoms with Crippen LogP contribution in [-0.2, 0) is 4.79 Å². The molecule has 9 heteroatoms. The quantitative estimate of drug-likeness (QED) is 0.491. The topological polar surface area (TPSA) is 119 Å². The number of rotatable bonds is 3. The lowest BCUT2D eigenvalue weighted by Crippen LogP contribution is -2.42. The minimum atomic E-state index is -0.780. The highest BCUT2D eigenvalue weighted by Gasteiger charge is 2.21. The van der Waals surface area contributed by atoms with Gasteiger partial charge in [-0.1, -0.05) is 12.1 Å². The fourth-order valence-electron chi connectivity index (χ4n) is 1.56. The van der Waals surface area contributed by atoms with Gasteiger partial charge >= 0.3 is 11.4 Å². The van der Waals surface area contributed by atoms with E-state index >= 15 is 0 Å². The Morgan fingerprint density at radius 3 is 1.80 bits per heavy atom. The number of nitrogens with one attached hydrogen (secondary N) is 1. The van der Waals surface area contributed by atoms with Crippen LogP contribution in [0, 0.1) is 20.2 Å². The summed E-state index contributed by atoms with van der Waals surface area (Å²) in [5, 5.41) is 23.6. The molecule has 9 nitrogen and oxygen atoms in total. The fourth-order valence-corrected chi connectivity index (χ4v) is 1.56. The van der Waals surface area contributed by atoms with Crippen molar-refractivity contribution in [3.8, 4) is 0 Å². The average molecular weight is 282 g/mol. The summed E-state index contributed by atoms with van der Waals surface area (Å²) in [7, 11) is 0. The minimum absolute atomic E-state index is 0.484. The molecule has 1 amide bonds. The molecule has 1 aromatic carbocycles. The van der Waals surface area contributed by atoms with Crippen LogP contribution in [0.15, 0.2) is 24.3 Å². The molecule has 0 bridgehead atoms. The van der Waals surface area contributed by atoms with Crippen molar-refractivity contribution in [3.63, 3.8) is 0 Å². The highest BCUT2D eigenvalue weighted by atomic mass is 16.6. The number of benzene rings is 1. The SMILES string of the molecule is O=CN1CCNCC1.O=[N+]([O-])c1ccccc1[N+](=O)[O-]. The van der Waals surface area contributed by atoms with Gasteiger partial charge in [-0.05, 0) is 0 Å². The standard InChI is InChI=1S/C6H4N2O4.C5H10N2O/c9-7(10)5-3-1-2-4-6(5)8(11)12;8-5-7-3-1-6-2-4-7/h1-4H;5-6H,1-4H2. The van der Waals surface area contributed by atoms with Crippen molar-refractivity contribution in [2.24, 2.45) is 0 Å². The second kappa shape index (κ2) is 7.79. The van der Waals surface area contributed by atoms with Gasteiger partial charge in [0, 0.05) is 38.3 Å². The third kappa shape index (κ3) is 4.61. The number of amides is 1. The summed E-state index contributed by atoms with van der Waals surface area (Å²) in [5.74, 6) is 0. The summed E-state index contributed by atoms with van der Waals surface area (Å²) in [6.07, 6.45) is 0.904. The zero-order valence-corrected chi connectivity index (χ0v) is 10.6. The number of hydrogen-bond acceptors (Lipinski definition) is 6. The Labute approximate surface area is 114 Å². The molecule has 0 atom stereocenters. The molecule has 0 saturated carbocycles. The molecular weight excluding hydrogens is 268 g/mol. The number of nitro groups is 2. The van der Waals surface area contributed by atoms with Gasteiger partial charge in [0.25, 0.3) is 0 Å². The van der Waals surface area contributed by atoms with Crippen LogP contribution in [0.4, 0.5) is 11.4 Å². The maximum atomic E-state index is 10.2. The minimum Gasteiger partial charge on any atom is -0.343 e. The largest absolute Gasteiger partial charge is 0.346 e. The average Bonchev–Trinajstić information content (AvgIpc) is 2.48. The Morgan fingerprint density at radius 2 is 1.50 bits per heavy atom. The van der Waals surface area contributed by atoms with E-state index in [4.69, 9.17) is 0 Å². The molecule has 1 aromatic rings. The molecule has 1 fully saturated rings. The molecule has 0 radical (unpaired) electrons. The number of nitrogens with zero attached hydrogens (tertiary/aromatic N) is 3. The molecule has 108 valence electrons. The van der Waals surface area contributed by atoms with Gasteiger partial charge in [-0.25, -0.2) is 0 Å². The number of carbonyl (C=O) groups excluding carboxylic acids is 1. The molecular formula is C11H14N4O5. The Balaban J connectivity index is 0.000000217. The normalized spacial score (nSPS) is 13.9. The molecule has 1 saturated heterocycles. The van der Waals surface area contributed by atoms with Crippen molar-refractivity contribution >= 4 is 17.8 Å². The molecule has 20 heavy (non-hydrogen) atoms. The van der Waals surface area contributed by atoms with Gasteiger partial charge in [0.1, 0.15) is 0 Å². The van der Waals surface area contributed by atoms with Crippen molar-refractivity contribution in [2.45, 2.75) is 0 Å². The smallest absolute Gasteiger partial charge is 0.343 e. The van der Waals surface area contributed by atoms with Crippen LogP contribution in [-0.4, -0.2) is 47.3 Å². The molecule has 1 aliphatic rings. The molecule has 1 aliphatic heterocycles. The first-order chi connectivity index (χ1) is 9.56. The van der Waals surface area contributed by atoms with E-state index in [1.807, 2.05) is 0 Å².